The van der Waals surface area contributed by atoms with Crippen LogP contribution < -0.4 is 15.1 Å². The fraction of sp³-hybridized carbons (Fsp3) is 0.200. The minimum atomic E-state index is -0.677. The molecule has 1 aromatic heterocycles. The molecule has 1 saturated heterocycles. The van der Waals surface area contributed by atoms with Crippen molar-refractivity contribution in [3.05, 3.63) is 47.5 Å². The Balaban J connectivity index is 1.65. The Kier molecular flexibility index (Phi) is 3.70. The molecule has 1 fully saturated rings. The lowest BCUT2D eigenvalue weighted by Crippen LogP contribution is -2.53. The molecule has 5 rings (SSSR count). The van der Waals surface area contributed by atoms with E-state index in [0.29, 0.717) is 17.7 Å². The lowest BCUT2D eigenvalue weighted by Gasteiger charge is -2.30. The van der Waals surface area contributed by atoms with Crippen molar-refractivity contribution >= 4 is 56.3 Å². The smallest absolute Gasteiger partial charge is 0.259 e. The van der Waals surface area contributed by atoms with Crippen LogP contribution in [0.3, 0.4) is 0 Å². The number of anilines is 3. The van der Waals surface area contributed by atoms with Crippen molar-refractivity contribution in [3.8, 4) is 0 Å². The van der Waals surface area contributed by atoms with Gasteiger partial charge >= 0.3 is 0 Å². The standard InChI is InChI=1S/C20H16N4O3S/c1-23(20-21-9-10-28-20)13-5-6-14-17-11(13)3-2-4-12(17)19(27)24(14)15-7-8-16(25)22-18(15)26/h2-6,9-10,15H,7-8H2,1H3,(H,22,25,26). The molecule has 0 spiro atoms. The van der Waals surface area contributed by atoms with Crippen LogP contribution in [0.4, 0.5) is 16.5 Å². The van der Waals surface area contributed by atoms with Gasteiger partial charge in [0, 0.05) is 41.4 Å². The number of benzene rings is 2. The minimum absolute atomic E-state index is 0.204. The molecule has 0 aliphatic carbocycles. The van der Waals surface area contributed by atoms with Crippen LogP contribution in [0.25, 0.3) is 10.8 Å². The van der Waals surface area contributed by atoms with Gasteiger partial charge in [0.05, 0.1) is 11.4 Å². The highest BCUT2D eigenvalue weighted by Gasteiger charge is 2.41. The molecule has 3 aromatic rings. The van der Waals surface area contributed by atoms with Crippen molar-refractivity contribution in [2.45, 2.75) is 18.9 Å². The number of carbonyl (C=O) groups is 3. The average molecular weight is 392 g/mol. The Labute approximate surface area is 164 Å². The van der Waals surface area contributed by atoms with Crippen LogP contribution in [0, 0.1) is 0 Å². The maximum atomic E-state index is 13.2. The zero-order valence-corrected chi connectivity index (χ0v) is 15.8. The SMILES string of the molecule is CN(c1nccs1)c1ccc2c3c(cccc13)C(=O)N2C1CCC(=O)NC1=O. The van der Waals surface area contributed by atoms with Gasteiger partial charge in [-0.1, -0.05) is 12.1 Å². The number of hydrogen-bond donors (Lipinski definition) is 1. The molecular formula is C20H16N4O3S. The van der Waals surface area contributed by atoms with E-state index in [4.69, 9.17) is 0 Å². The molecule has 1 unspecified atom stereocenters. The van der Waals surface area contributed by atoms with Crippen LogP contribution in [0.2, 0.25) is 0 Å². The summed E-state index contributed by atoms with van der Waals surface area (Å²) in [5, 5.41) is 6.88. The number of nitrogens with one attached hydrogen (secondary N) is 1. The summed E-state index contributed by atoms with van der Waals surface area (Å²) >= 11 is 1.54. The van der Waals surface area contributed by atoms with Gasteiger partial charge in [0.15, 0.2) is 5.13 Å². The molecule has 0 saturated carbocycles. The second-order valence-electron chi connectivity index (χ2n) is 6.85. The summed E-state index contributed by atoms with van der Waals surface area (Å²) in [5.41, 5.74) is 2.22. The monoisotopic (exact) mass is 392 g/mol. The molecule has 28 heavy (non-hydrogen) atoms. The lowest BCUT2D eigenvalue weighted by atomic mass is 10.0. The summed E-state index contributed by atoms with van der Waals surface area (Å²) in [4.78, 5) is 44.9. The number of thiazole rings is 1. The molecule has 2 aliphatic rings. The first kappa shape index (κ1) is 16.9. The molecule has 3 amide bonds. The van der Waals surface area contributed by atoms with Crippen molar-refractivity contribution < 1.29 is 14.4 Å². The van der Waals surface area contributed by atoms with Crippen LogP contribution >= 0.6 is 11.3 Å². The lowest BCUT2D eigenvalue weighted by molar-refractivity contribution is -0.134. The Morgan fingerprint density at radius 3 is 2.82 bits per heavy atom. The van der Waals surface area contributed by atoms with Gasteiger partial charge in [0.1, 0.15) is 6.04 Å². The third-order valence-electron chi connectivity index (χ3n) is 5.29. The highest BCUT2D eigenvalue weighted by molar-refractivity contribution is 7.13. The molecule has 1 atom stereocenters. The van der Waals surface area contributed by atoms with Gasteiger partial charge in [0.2, 0.25) is 11.8 Å². The quantitative estimate of drug-likeness (QED) is 0.693. The topological polar surface area (TPSA) is 82.6 Å². The molecular weight excluding hydrogens is 376 g/mol. The van der Waals surface area contributed by atoms with Gasteiger partial charge in [-0.05, 0) is 24.6 Å². The summed E-state index contributed by atoms with van der Waals surface area (Å²) in [5.74, 6) is -0.922. The van der Waals surface area contributed by atoms with E-state index in [1.165, 1.54) is 16.2 Å². The number of amides is 3. The molecule has 7 nitrogen and oxygen atoms in total. The number of rotatable bonds is 3. The summed E-state index contributed by atoms with van der Waals surface area (Å²) in [7, 11) is 1.94. The van der Waals surface area contributed by atoms with Gasteiger partial charge in [-0.25, -0.2) is 4.98 Å². The number of aromatic nitrogens is 1. The Bertz CT molecular complexity index is 1140. The number of nitrogens with zero attached hydrogens (tertiary/aromatic N) is 3. The molecule has 140 valence electrons. The summed E-state index contributed by atoms with van der Waals surface area (Å²) in [6.45, 7) is 0. The van der Waals surface area contributed by atoms with Gasteiger partial charge in [-0.15, -0.1) is 11.3 Å². The highest BCUT2D eigenvalue weighted by Crippen LogP contribution is 2.44. The van der Waals surface area contributed by atoms with Crippen LogP contribution in [-0.4, -0.2) is 35.8 Å². The van der Waals surface area contributed by atoms with E-state index in [1.807, 2.05) is 41.6 Å². The third-order valence-corrected chi connectivity index (χ3v) is 6.14. The molecule has 8 heteroatoms. The predicted octanol–water partition coefficient (Wildman–Crippen LogP) is 2.83. The van der Waals surface area contributed by atoms with E-state index in [1.54, 1.807) is 12.3 Å². The van der Waals surface area contributed by atoms with Gasteiger partial charge < -0.3 is 4.90 Å². The van der Waals surface area contributed by atoms with Crippen molar-refractivity contribution in [1.29, 1.82) is 0 Å². The zero-order chi connectivity index (χ0) is 19.4. The summed E-state index contributed by atoms with van der Waals surface area (Å²) in [6, 6.07) is 8.76. The number of piperidine rings is 1. The van der Waals surface area contributed by atoms with Crippen LogP contribution in [-0.2, 0) is 9.59 Å². The Morgan fingerprint density at radius 2 is 2.07 bits per heavy atom. The fourth-order valence-corrected chi connectivity index (χ4v) is 4.63. The maximum absolute atomic E-state index is 13.2. The molecule has 2 aliphatic heterocycles. The normalized spacial score (nSPS) is 18.7. The van der Waals surface area contributed by atoms with E-state index >= 15 is 0 Å². The average Bonchev–Trinajstić information content (AvgIpc) is 3.31. The fourth-order valence-electron chi connectivity index (χ4n) is 4.01. The van der Waals surface area contributed by atoms with Crippen molar-refractivity contribution in [3.63, 3.8) is 0 Å². The van der Waals surface area contributed by atoms with Gasteiger partial charge in [0.25, 0.3) is 5.91 Å². The zero-order valence-electron chi connectivity index (χ0n) is 15.0. The predicted molar refractivity (Wildman–Crippen MR) is 107 cm³/mol. The van der Waals surface area contributed by atoms with Crippen molar-refractivity contribution in [2.75, 3.05) is 16.8 Å². The molecule has 0 radical (unpaired) electrons. The number of carbonyl (C=O) groups excluding carboxylic acids is 3. The van der Waals surface area contributed by atoms with Gasteiger partial charge in [-0.3, -0.25) is 24.6 Å². The minimum Gasteiger partial charge on any atom is -0.320 e. The highest BCUT2D eigenvalue weighted by atomic mass is 32.1. The van der Waals surface area contributed by atoms with Crippen molar-refractivity contribution in [1.82, 2.24) is 10.3 Å². The van der Waals surface area contributed by atoms with Crippen LogP contribution in [0.1, 0.15) is 23.2 Å². The number of imide groups is 1. The third kappa shape index (κ3) is 2.34. The van der Waals surface area contributed by atoms with E-state index in [9.17, 15) is 14.4 Å². The second kappa shape index (κ2) is 6.13. The van der Waals surface area contributed by atoms with E-state index in [2.05, 4.69) is 10.3 Å². The number of hydrogen-bond acceptors (Lipinski definition) is 6. The maximum Gasteiger partial charge on any atom is 0.259 e. The molecule has 3 heterocycles. The Hall–Kier alpha value is -3.26. The molecule has 2 aromatic carbocycles. The molecule has 1 N–H and O–H groups in total. The first-order valence-corrected chi connectivity index (χ1v) is 9.80. The first-order chi connectivity index (χ1) is 13.6. The second-order valence-corrected chi connectivity index (χ2v) is 7.72. The van der Waals surface area contributed by atoms with Crippen molar-refractivity contribution in [2.24, 2.45) is 0 Å². The van der Waals surface area contributed by atoms with Gasteiger partial charge in [-0.2, -0.15) is 0 Å². The molecule has 0 bridgehead atoms. The van der Waals surface area contributed by atoms with E-state index in [-0.39, 0.29) is 18.2 Å². The Morgan fingerprint density at radius 1 is 1.21 bits per heavy atom. The first-order valence-electron chi connectivity index (χ1n) is 8.92. The summed E-state index contributed by atoms with van der Waals surface area (Å²) in [6.07, 6.45) is 2.31. The van der Waals surface area contributed by atoms with Crippen LogP contribution in [0.15, 0.2) is 41.9 Å². The van der Waals surface area contributed by atoms with E-state index < -0.39 is 11.9 Å². The van der Waals surface area contributed by atoms with E-state index in [0.717, 1.165) is 21.6 Å². The summed E-state index contributed by atoms with van der Waals surface area (Å²) < 4.78 is 0. The largest absolute Gasteiger partial charge is 0.320 e. The van der Waals surface area contributed by atoms with Crippen LogP contribution in [0.5, 0.6) is 0 Å².